The van der Waals surface area contributed by atoms with Crippen molar-refractivity contribution in [2.75, 3.05) is 25.0 Å². The fourth-order valence-corrected chi connectivity index (χ4v) is 2.81. The van der Waals surface area contributed by atoms with Gasteiger partial charge in [-0.3, -0.25) is 4.79 Å². The first-order chi connectivity index (χ1) is 9.24. The number of nitrogens with one attached hydrogen (secondary N) is 2. The van der Waals surface area contributed by atoms with E-state index < -0.39 is 0 Å². The Hall–Kier alpha value is -0.870. The monoisotopic (exact) mass is 325 g/mol. The van der Waals surface area contributed by atoms with Crippen LogP contribution in [0.15, 0.2) is 28.7 Å². The molecule has 1 fully saturated rings. The molecule has 104 valence electrons. The zero-order valence-corrected chi connectivity index (χ0v) is 12.8. The van der Waals surface area contributed by atoms with Crippen molar-refractivity contribution in [1.29, 1.82) is 0 Å². The summed E-state index contributed by atoms with van der Waals surface area (Å²) in [7, 11) is 0. The van der Waals surface area contributed by atoms with Gasteiger partial charge >= 0.3 is 0 Å². The van der Waals surface area contributed by atoms with Crippen LogP contribution >= 0.6 is 15.9 Å². The molecule has 1 aromatic rings. The molecular formula is C15H22BrN2O+. The molecule has 0 saturated carbocycles. The SMILES string of the molecule is O=C(C[NH+]1CCCCCCC1)Nc1ccc(Br)cc1. The minimum Gasteiger partial charge on any atom is -0.327 e. The van der Waals surface area contributed by atoms with Gasteiger partial charge in [0.25, 0.3) is 5.91 Å². The summed E-state index contributed by atoms with van der Waals surface area (Å²) >= 11 is 3.39. The molecule has 2 N–H and O–H groups in total. The maximum Gasteiger partial charge on any atom is 0.279 e. The third-order valence-electron chi connectivity index (χ3n) is 3.60. The Morgan fingerprint density at radius 1 is 1.05 bits per heavy atom. The highest BCUT2D eigenvalue weighted by atomic mass is 79.9. The van der Waals surface area contributed by atoms with E-state index >= 15 is 0 Å². The Balaban J connectivity index is 1.80. The van der Waals surface area contributed by atoms with Crippen LogP contribution in [0.5, 0.6) is 0 Å². The zero-order chi connectivity index (χ0) is 13.5. The lowest BCUT2D eigenvalue weighted by atomic mass is 10.1. The lowest BCUT2D eigenvalue weighted by molar-refractivity contribution is -0.892. The molecule has 1 heterocycles. The van der Waals surface area contributed by atoms with Gasteiger partial charge in [0.05, 0.1) is 13.1 Å². The highest BCUT2D eigenvalue weighted by Gasteiger charge is 2.15. The number of carbonyl (C=O) groups is 1. The van der Waals surface area contributed by atoms with E-state index in [1.165, 1.54) is 37.0 Å². The Kier molecular flexibility index (Phi) is 5.86. The molecule has 1 amide bonds. The lowest BCUT2D eigenvalue weighted by Gasteiger charge is -2.21. The first kappa shape index (κ1) is 14.5. The molecule has 0 bridgehead atoms. The van der Waals surface area contributed by atoms with Gasteiger partial charge in [0.15, 0.2) is 6.54 Å². The van der Waals surface area contributed by atoms with Gasteiger partial charge in [0, 0.05) is 10.2 Å². The van der Waals surface area contributed by atoms with Gasteiger partial charge in [-0.05, 0) is 49.9 Å². The largest absolute Gasteiger partial charge is 0.327 e. The molecule has 0 unspecified atom stereocenters. The van der Waals surface area contributed by atoms with E-state index in [0.717, 1.165) is 23.2 Å². The van der Waals surface area contributed by atoms with Crippen LogP contribution in [0.2, 0.25) is 0 Å². The average molecular weight is 326 g/mol. The Labute approximate surface area is 123 Å². The molecule has 4 heteroatoms. The van der Waals surface area contributed by atoms with Crippen LogP contribution in [0.1, 0.15) is 32.1 Å². The van der Waals surface area contributed by atoms with Gasteiger partial charge in [0.1, 0.15) is 0 Å². The van der Waals surface area contributed by atoms with Crippen LogP contribution in [0, 0.1) is 0 Å². The van der Waals surface area contributed by atoms with Crippen molar-refractivity contribution >= 4 is 27.5 Å². The molecule has 1 saturated heterocycles. The van der Waals surface area contributed by atoms with E-state index in [1.54, 1.807) is 0 Å². The summed E-state index contributed by atoms with van der Waals surface area (Å²) in [6.45, 7) is 2.86. The van der Waals surface area contributed by atoms with E-state index in [2.05, 4.69) is 21.2 Å². The van der Waals surface area contributed by atoms with Crippen molar-refractivity contribution in [3.05, 3.63) is 28.7 Å². The quantitative estimate of drug-likeness (QED) is 0.878. The normalized spacial score (nSPS) is 17.5. The smallest absolute Gasteiger partial charge is 0.279 e. The Morgan fingerprint density at radius 3 is 2.26 bits per heavy atom. The van der Waals surface area contributed by atoms with Crippen LogP contribution in [-0.4, -0.2) is 25.5 Å². The molecule has 0 aliphatic carbocycles. The zero-order valence-electron chi connectivity index (χ0n) is 11.3. The second kappa shape index (κ2) is 7.65. The highest BCUT2D eigenvalue weighted by molar-refractivity contribution is 9.10. The highest BCUT2D eigenvalue weighted by Crippen LogP contribution is 2.13. The Morgan fingerprint density at radius 2 is 1.63 bits per heavy atom. The van der Waals surface area contributed by atoms with Gasteiger partial charge < -0.3 is 10.2 Å². The molecular weight excluding hydrogens is 304 g/mol. The summed E-state index contributed by atoms with van der Waals surface area (Å²) in [5.74, 6) is 0.123. The number of hydrogen-bond acceptors (Lipinski definition) is 1. The molecule has 1 aliphatic rings. The number of hydrogen-bond donors (Lipinski definition) is 2. The standard InChI is InChI=1S/C15H21BrN2O/c16-13-6-8-14(9-7-13)17-15(19)12-18-10-4-2-1-3-5-11-18/h6-9H,1-5,10-12H2,(H,17,19)/p+1. The van der Waals surface area contributed by atoms with Crippen LogP contribution < -0.4 is 10.2 Å². The van der Waals surface area contributed by atoms with Gasteiger partial charge in [-0.1, -0.05) is 22.4 Å². The van der Waals surface area contributed by atoms with Crippen LogP contribution in [0.4, 0.5) is 5.69 Å². The minimum absolute atomic E-state index is 0.123. The van der Waals surface area contributed by atoms with Crippen LogP contribution in [-0.2, 0) is 4.79 Å². The number of benzene rings is 1. The molecule has 3 nitrogen and oxygen atoms in total. The van der Waals surface area contributed by atoms with E-state index in [1.807, 2.05) is 24.3 Å². The third kappa shape index (κ3) is 5.33. The first-order valence-corrected chi connectivity index (χ1v) is 7.92. The summed E-state index contributed by atoms with van der Waals surface area (Å²) in [5.41, 5.74) is 0.875. The number of rotatable bonds is 3. The van der Waals surface area contributed by atoms with Crippen molar-refractivity contribution in [2.45, 2.75) is 32.1 Å². The van der Waals surface area contributed by atoms with Crippen molar-refractivity contribution in [1.82, 2.24) is 0 Å². The minimum atomic E-state index is 0.123. The molecule has 0 spiro atoms. The molecule has 0 aromatic heterocycles. The Bertz CT molecular complexity index is 397. The molecule has 1 aliphatic heterocycles. The number of amides is 1. The number of halogens is 1. The number of anilines is 1. The van der Waals surface area contributed by atoms with Gasteiger partial charge in [0.2, 0.25) is 0 Å². The van der Waals surface area contributed by atoms with E-state index in [0.29, 0.717) is 6.54 Å². The molecule has 2 rings (SSSR count). The number of quaternary nitrogens is 1. The predicted molar refractivity (Wildman–Crippen MR) is 81.4 cm³/mol. The second-order valence-electron chi connectivity index (χ2n) is 5.25. The molecule has 0 atom stereocenters. The van der Waals surface area contributed by atoms with Gasteiger partial charge in [-0.15, -0.1) is 0 Å². The maximum atomic E-state index is 12.0. The van der Waals surface area contributed by atoms with Crippen LogP contribution in [0.3, 0.4) is 0 Å². The van der Waals surface area contributed by atoms with Crippen molar-refractivity contribution in [2.24, 2.45) is 0 Å². The van der Waals surface area contributed by atoms with Crippen molar-refractivity contribution in [3.8, 4) is 0 Å². The summed E-state index contributed by atoms with van der Waals surface area (Å²) in [4.78, 5) is 13.4. The summed E-state index contributed by atoms with van der Waals surface area (Å²) < 4.78 is 1.03. The molecule has 0 radical (unpaired) electrons. The fraction of sp³-hybridized carbons (Fsp3) is 0.533. The summed E-state index contributed by atoms with van der Waals surface area (Å²) in [5, 5.41) is 2.97. The molecule has 19 heavy (non-hydrogen) atoms. The van der Waals surface area contributed by atoms with Gasteiger partial charge in [-0.25, -0.2) is 0 Å². The number of carbonyl (C=O) groups excluding carboxylic acids is 1. The summed E-state index contributed by atoms with van der Waals surface area (Å²) in [6, 6.07) is 7.73. The first-order valence-electron chi connectivity index (χ1n) is 7.13. The van der Waals surface area contributed by atoms with E-state index in [9.17, 15) is 4.79 Å². The van der Waals surface area contributed by atoms with E-state index in [-0.39, 0.29) is 5.91 Å². The average Bonchev–Trinajstić information content (AvgIpc) is 2.35. The summed E-state index contributed by atoms with van der Waals surface area (Å²) in [6.07, 6.45) is 6.50. The second-order valence-corrected chi connectivity index (χ2v) is 6.17. The third-order valence-corrected chi connectivity index (χ3v) is 4.13. The van der Waals surface area contributed by atoms with Crippen molar-refractivity contribution in [3.63, 3.8) is 0 Å². The van der Waals surface area contributed by atoms with Crippen molar-refractivity contribution < 1.29 is 9.69 Å². The topological polar surface area (TPSA) is 33.5 Å². The van der Waals surface area contributed by atoms with Gasteiger partial charge in [-0.2, -0.15) is 0 Å². The van der Waals surface area contributed by atoms with Crippen LogP contribution in [0.25, 0.3) is 0 Å². The fourth-order valence-electron chi connectivity index (χ4n) is 2.55. The lowest BCUT2D eigenvalue weighted by Crippen LogP contribution is -3.13. The van der Waals surface area contributed by atoms with E-state index in [4.69, 9.17) is 0 Å². The maximum absolute atomic E-state index is 12.0. The molecule has 1 aromatic carbocycles. The number of likely N-dealkylation sites (tertiary alicyclic amines) is 1. The predicted octanol–water partition coefficient (Wildman–Crippen LogP) is 2.24.